The number of pyridine rings is 1. The van der Waals surface area contributed by atoms with Crippen molar-refractivity contribution in [3.8, 4) is 11.6 Å². The lowest BCUT2D eigenvalue weighted by Gasteiger charge is -2.12. The maximum absolute atomic E-state index is 13.1. The minimum absolute atomic E-state index is 0.360. The van der Waals surface area contributed by atoms with Crippen molar-refractivity contribution >= 4 is 17.2 Å². The molecular weight excluding hydrogens is 261 g/mol. The Morgan fingerprint density at radius 3 is 2.80 bits per heavy atom. The van der Waals surface area contributed by atoms with Gasteiger partial charge in [0.25, 0.3) is 0 Å². The van der Waals surface area contributed by atoms with E-state index in [9.17, 15) is 4.39 Å². The fourth-order valence-corrected chi connectivity index (χ4v) is 1.68. The third-order valence-corrected chi connectivity index (χ3v) is 2.60. The first-order valence-electron chi connectivity index (χ1n) is 6.14. The van der Waals surface area contributed by atoms with E-state index in [2.05, 4.69) is 10.3 Å². The summed E-state index contributed by atoms with van der Waals surface area (Å²) in [7, 11) is 1.47. The fraction of sp³-hybridized carbons (Fsp3) is 0.214. The Bertz CT molecular complexity index is 605. The van der Waals surface area contributed by atoms with Gasteiger partial charge in [-0.15, -0.1) is 0 Å². The third-order valence-electron chi connectivity index (χ3n) is 2.60. The Hall–Kier alpha value is -2.50. The van der Waals surface area contributed by atoms with Crippen molar-refractivity contribution < 1.29 is 13.9 Å². The number of methoxy groups -OCH3 is 1. The van der Waals surface area contributed by atoms with E-state index in [0.717, 1.165) is 0 Å². The molecule has 2 rings (SSSR count). The number of anilines is 3. The molecule has 0 aliphatic heterocycles. The van der Waals surface area contributed by atoms with Crippen molar-refractivity contribution in [1.82, 2.24) is 4.98 Å². The first-order valence-corrected chi connectivity index (χ1v) is 6.14. The lowest BCUT2D eigenvalue weighted by atomic mass is 10.2. The van der Waals surface area contributed by atoms with Gasteiger partial charge in [-0.25, -0.2) is 4.39 Å². The second-order valence-corrected chi connectivity index (χ2v) is 3.99. The SMILES string of the molecule is CCOc1nc(Nc2ccc(F)cc2OC)ccc1N. The van der Waals surface area contributed by atoms with Gasteiger partial charge in [-0.05, 0) is 31.2 Å². The van der Waals surface area contributed by atoms with Crippen LogP contribution in [0.4, 0.5) is 21.6 Å². The van der Waals surface area contributed by atoms with Crippen LogP contribution in [-0.2, 0) is 0 Å². The van der Waals surface area contributed by atoms with E-state index in [-0.39, 0.29) is 5.82 Å². The topological polar surface area (TPSA) is 69.4 Å². The third kappa shape index (κ3) is 3.09. The molecule has 0 aliphatic carbocycles. The Kier molecular flexibility index (Phi) is 4.24. The van der Waals surface area contributed by atoms with Gasteiger partial charge in [-0.1, -0.05) is 0 Å². The molecule has 106 valence electrons. The number of hydrogen-bond acceptors (Lipinski definition) is 5. The molecule has 0 fully saturated rings. The zero-order valence-electron chi connectivity index (χ0n) is 11.3. The monoisotopic (exact) mass is 277 g/mol. The van der Waals surface area contributed by atoms with E-state index < -0.39 is 0 Å². The van der Waals surface area contributed by atoms with Gasteiger partial charge in [-0.2, -0.15) is 4.98 Å². The van der Waals surface area contributed by atoms with Crippen LogP contribution in [0.1, 0.15) is 6.92 Å². The molecule has 0 saturated heterocycles. The van der Waals surface area contributed by atoms with Crippen LogP contribution >= 0.6 is 0 Å². The van der Waals surface area contributed by atoms with Gasteiger partial charge in [0.2, 0.25) is 5.88 Å². The van der Waals surface area contributed by atoms with Gasteiger partial charge in [0.1, 0.15) is 17.4 Å². The van der Waals surface area contributed by atoms with Crippen LogP contribution in [0.25, 0.3) is 0 Å². The minimum atomic E-state index is -0.368. The number of aromatic nitrogens is 1. The molecular formula is C14H16FN3O2. The summed E-state index contributed by atoms with van der Waals surface area (Å²) in [5.41, 5.74) is 6.82. The highest BCUT2D eigenvalue weighted by atomic mass is 19.1. The predicted molar refractivity (Wildman–Crippen MR) is 76.1 cm³/mol. The zero-order chi connectivity index (χ0) is 14.5. The van der Waals surface area contributed by atoms with Crippen LogP contribution in [0.3, 0.4) is 0 Å². The molecule has 20 heavy (non-hydrogen) atoms. The summed E-state index contributed by atoms with van der Waals surface area (Å²) in [5, 5.41) is 3.04. The molecule has 1 heterocycles. The number of nitrogens with one attached hydrogen (secondary N) is 1. The number of hydrogen-bond donors (Lipinski definition) is 2. The van der Waals surface area contributed by atoms with Crippen LogP contribution in [0.15, 0.2) is 30.3 Å². The molecule has 5 nitrogen and oxygen atoms in total. The van der Waals surface area contributed by atoms with Crippen LogP contribution < -0.4 is 20.5 Å². The number of nitrogen functional groups attached to an aromatic ring is 1. The summed E-state index contributed by atoms with van der Waals surface area (Å²) in [6.45, 7) is 2.32. The standard InChI is InChI=1S/C14H16FN3O2/c1-3-20-14-10(16)5-7-13(18-14)17-11-6-4-9(15)8-12(11)19-2/h4-8H,3,16H2,1-2H3,(H,17,18). The zero-order valence-corrected chi connectivity index (χ0v) is 11.3. The highest BCUT2D eigenvalue weighted by Gasteiger charge is 2.08. The van der Waals surface area contributed by atoms with E-state index in [1.165, 1.54) is 19.2 Å². The number of nitrogens with two attached hydrogens (primary N) is 1. The maximum Gasteiger partial charge on any atom is 0.239 e. The molecule has 0 amide bonds. The van der Waals surface area contributed by atoms with E-state index in [0.29, 0.717) is 35.4 Å². The van der Waals surface area contributed by atoms with Crippen LogP contribution in [0, 0.1) is 5.82 Å². The quantitative estimate of drug-likeness (QED) is 0.879. The smallest absolute Gasteiger partial charge is 0.239 e. The van der Waals surface area contributed by atoms with Crippen molar-refractivity contribution in [3.05, 3.63) is 36.1 Å². The van der Waals surface area contributed by atoms with Gasteiger partial charge in [0.05, 0.1) is 25.1 Å². The summed E-state index contributed by atoms with van der Waals surface area (Å²) in [6, 6.07) is 7.61. The summed E-state index contributed by atoms with van der Waals surface area (Å²) in [5.74, 6) is 0.917. The molecule has 1 aromatic carbocycles. The van der Waals surface area contributed by atoms with E-state index >= 15 is 0 Å². The van der Waals surface area contributed by atoms with E-state index in [1.54, 1.807) is 18.2 Å². The molecule has 0 spiro atoms. The van der Waals surface area contributed by atoms with Crippen molar-refractivity contribution in [1.29, 1.82) is 0 Å². The fourth-order valence-electron chi connectivity index (χ4n) is 1.68. The lowest BCUT2D eigenvalue weighted by Crippen LogP contribution is -2.02. The first kappa shape index (κ1) is 13.9. The molecule has 0 bridgehead atoms. The van der Waals surface area contributed by atoms with Gasteiger partial charge in [0, 0.05) is 6.07 Å². The first-order chi connectivity index (χ1) is 9.63. The highest BCUT2D eigenvalue weighted by Crippen LogP contribution is 2.29. The Labute approximate surface area is 116 Å². The van der Waals surface area contributed by atoms with Crippen molar-refractivity contribution in [2.45, 2.75) is 6.92 Å². The van der Waals surface area contributed by atoms with Crippen molar-refractivity contribution in [2.75, 3.05) is 24.8 Å². The molecule has 0 radical (unpaired) electrons. The molecule has 2 aromatic rings. The molecule has 0 aliphatic rings. The maximum atomic E-state index is 13.1. The van der Waals surface area contributed by atoms with Gasteiger partial charge in [-0.3, -0.25) is 0 Å². The normalized spacial score (nSPS) is 10.2. The average molecular weight is 277 g/mol. The Morgan fingerprint density at radius 2 is 2.10 bits per heavy atom. The highest BCUT2D eigenvalue weighted by molar-refractivity contribution is 5.66. The second-order valence-electron chi connectivity index (χ2n) is 3.99. The molecule has 3 N–H and O–H groups in total. The summed E-state index contributed by atoms with van der Waals surface area (Å²) in [6.07, 6.45) is 0. The predicted octanol–water partition coefficient (Wildman–Crippen LogP) is 2.95. The van der Waals surface area contributed by atoms with E-state index in [1.807, 2.05) is 6.92 Å². The van der Waals surface area contributed by atoms with Crippen LogP contribution in [0.2, 0.25) is 0 Å². The van der Waals surface area contributed by atoms with Crippen LogP contribution in [-0.4, -0.2) is 18.7 Å². The Morgan fingerprint density at radius 1 is 1.30 bits per heavy atom. The minimum Gasteiger partial charge on any atom is -0.494 e. The molecule has 1 aromatic heterocycles. The van der Waals surface area contributed by atoms with Gasteiger partial charge < -0.3 is 20.5 Å². The second kappa shape index (κ2) is 6.10. The van der Waals surface area contributed by atoms with Crippen molar-refractivity contribution in [2.24, 2.45) is 0 Å². The number of benzene rings is 1. The number of halogens is 1. The molecule has 0 saturated carbocycles. The Balaban J connectivity index is 2.28. The van der Waals surface area contributed by atoms with Gasteiger partial charge >= 0.3 is 0 Å². The van der Waals surface area contributed by atoms with Crippen LogP contribution in [0.5, 0.6) is 11.6 Å². The number of rotatable bonds is 5. The summed E-state index contributed by atoms with van der Waals surface area (Å²) < 4.78 is 23.6. The van der Waals surface area contributed by atoms with Crippen molar-refractivity contribution in [3.63, 3.8) is 0 Å². The average Bonchev–Trinajstić information content (AvgIpc) is 2.44. The summed E-state index contributed by atoms with van der Waals surface area (Å²) >= 11 is 0. The van der Waals surface area contributed by atoms with E-state index in [4.69, 9.17) is 15.2 Å². The molecule has 0 atom stereocenters. The molecule has 6 heteroatoms. The number of nitrogens with zero attached hydrogens (tertiary/aromatic N) is 1. The van der Waals surface area contributed by atoms with Gasteiger partial charge in [0.15, 0.2) is 0 Å². The number of ether oxygens (including phenoxy) is 2. The largest absolute Gasteiger partial charge is 0.494 e. The summed E-state index contributed by atoms with van der Waals surface area (Å²) in [4.78, 5) is 4.25. The lowest BCUT2D eigenvalue weighted by molar-refractivity contribution is 0.329. The molecule has 0 unspecified atom stereocenters.